The quantitative estimate of drug-likeness (QED) is 0.207. The molecule has 4 aromatic rings. The van der Waals surface area contributed by atoms with Crippen molar-refractivity contribution in [1.82, 2.24) is 20.5 Å². The maximum atomic E-state index is 14.1. The molecule has 242 valence electrons. The van der Waals surface area contributed by atoms with Crippen LogP contribution in [0.15, 0.2) is 85.1 Å². The van der Waals surface area contributed by atoms with E-state index in [9.17, 15) is 14.4 Å². The van der Waals surface area contributed by atoms with E-state index in [4.69, 9.17) is 10.5 Å². The fraction of sp³-hybridized carbons (Fsp3) is 0.361. The van der Waals surface area contributed by atoms with Gasteiger partial charge in [-0.05, 0) is 61.4 Å². The Bertz CT molecular complexity index is 1690. The minimum absolute atomic E-state index is 0. The van der Waals surface area contributed by atoms with Crippen molar-refractivity contribution in [2.45, 2.75) is 69.2 Å². The maximum Gasteiger partial charge on any atom is 0.407 e. The Labute approximate surface area is 275 Å². The second kappa shape index (κ2) is 13.6. The summed E-state index contributed by atoms with van der Waals surface area (Å²) in [4.78, 5) is 45.0. The number of rotatable bonds is 8. The first-order chi connectivity index (χ1) is 21.6. The first kappa shape index (κ1) is 33.0. The van der Waals surface area contributed by atoms with Crippen LogP contribution < -0.4 is 16.4 Å². The summed E-state index contributed by atoms with van der Waals surface area (Å²) in [5, 5.41) is 7.08. The molecule has 3 aromatic carbocycles. The largest absolute Gasteiger partial charge is 0.445 e. The molecular formula is C36H42ClN5O4. The van der Waals surface area contributed by atoms with Gasteiger partial charge >= 0.3 is 6.09 Å². The number of likely N-dealkylation sites (tertiary alicyclic amines) is 1. The van der Waals surface area contributed by atoms with E-state index in [1.54, 1.807) is 13.8 Å². The predicted octanol–water partition coefficient (Wildman–Crippen LogP) is 5.29. The Balaban J connectivity index is 0.00000417. The normalized spacial score (nSPS) is 17.5. The van der Waals surface area contributed by atoms with Gasteiger partial charge in [-0.3, -0.25) is 9.59 Å². The molecule has 1 fully saturated rings. The smallest absolute Gasteiger partial charge is 0.407 e. The number of H-pyrrole nitrogens is 1. The van der Waals surface area contributed by atoms with Crippen LogP contribution >= 0.6 is 12.4 Å². The highest BCUT2D eigenvalue weighted by molar-refractivity contribution is 5.92. The molecule has 5 N–H and O–H groups in total. The number of aromatic amines is 1. The zero-order chi connectivity index (χ0) is 31.6. The minimum Gasteiger partial charge on any atom is -0.445 e. The molecule has 1 spiro atoms. The van der Waals surface area contributed by atoms with E-state index in [2.05, 4.69) is 27.8 Å². The summed E-state index contributed by atoms with van der Waals surface area (Å²) in [6, 6.07) is 24.9. The van der Waals surface area contributed by atoms with E-state index < -0.39 is 17.7 Å². The van der Waals surface area contributed by atoms with Gasteiger partial charge in [-0.15, -0.1) is 12.4 Å². The van der Waals surface area contributed by atoms with Crippen LogP contribution in [0.25, 0.3) is 10.9 Å². The van der Waals surface area contributed by atoms with Crippen LogP contribution in [0.1, 0.15) is 61.4 Å². The first-order valence-electron chi connectivity index (χ1n) is 15.6. The molecule has 9 nitrogen and oxygen atoms in total. The summed E-state index contributed by atoms with van der Waals surface area (Å²) in [7, 11) is 0. The zero-order valence-electron chi connectivity index (χ0n) is 26.3. The topological polar surface area (TPSA) is 130 Å². The van der Waals surface area contributed by atoms with Crippen molar-refractivity contribution in [3.8, 4) is 0 Å². The average Bonchev–Trinajstić information content (AvgIpc) is 3.58. The number of nitrogens with one attached hydrogen (secondary N) is 3. The Morgan fingerprint density at radius 1 is 1.00 bits per heavy atom. The van der Waals surface area contributed by atoms with E-state index in [0.717, 1.165) is 46.9 Å². The number of para-hydroxylation sites is 1. The van der Waals surface area contributed by atoms with Crippen LogP contribution in [0.4, 0.5) is 4.79 Å². The fourth-order valence-electron chi connectivity index (χ4n) is 6.84. The number of fused-ring (bicyclic) bond motifs is 3. The van der Waals surface area contributed by atoms with E-state index in [-0.39, 0.29) is 42.3 Å². The number of piperidine rings is 1. The molecule has 2 aliphatic rings. The lowest BCUT2D eigenvalue weighted by Gasteiger charge is -2.41. The van der Waals surface area contributed by atoms with Gasteiger partial charge in [0, 0.05) is 42.0 Å². The second-order valence-corrected chi connectivity index (χ2v) is 13.0. The van der Waals surface area contributed by atoms with Crippen LogP contribution in [0.2, 0.25) is 0 Å². The number of carbonyl (C=O) groups excluding carboxylic acids is 3. The number of nitrogens with zero attached hydrogens (tertiary/aromatic N) is 1. The molecule has 1 aliphatic carbocycles. The minimum atomic E-state index is -1.12. The third kappa shape index (κ3) is 6.90. The third-order valence-corrected chi connectivity index (χ3v) is 9.33. The number of carbonyl (C=O) groups is 3. The number of ether oxygens (including phenoxy) is 1. The van der Waals surface area contributed by atoms with Crippen molar-refractivity contribution in [2.75, 3.05) is 13.1 Å². The van der Waals surface area contributed by atoms with E-state index >= 15 is 0 Å². The van der Waals surface area contributed by atoms with Gasteiger partial charge in [-0.1, -0.05) is 72.8 Å². The molecule has 1 unspecified atom stereocenters. The third-order valence-electron chi connectivity index (χ3n) is 9.33. The molecule has 10 heteroatoms. The number of nitrogens with two attached hydrogens (primary N) is 1. The summed E-state index contributed by atoms with van der Waals surface area (Å²) in [6.07, 6.45) is 4.06. The second-order valence-electron chi connectivity index (χ2n) is 13.0. The van der Waals surface area contributed by atoms with Gasteiger partial charge in [0.05, 0.1) is 11.6 Å². The molecule has 2 heterocycles. The lowest BCUT2D eigenvalue weighted by atomic mass is 9.73. The molecule has 1 aromatic heterocycles. The van der Waals surface area contributed by atoms with E-state index in [1.165, 1.54) is 5.56 Å². The molecule has 1 aliphatic heterocycles. The number of halogens is 1. The van der Waals surface area contributed by atoms with Gasteiger partial charge in [0.25, 0.3) is 0 Å². The van der Waals surface area contributed by atoms with Crippen LogP contribution in [0.3, 0.4) is 0 Å². The van der Waals surface area contributed by atoms with E-state index in [1.807, 2.05) is 77.8 Å². The highest BCUT2D eigenvalue weighted by Crippen LogP contribution is 2.50. The molecule has 0 radical (unpaired) electrons. The molecular weight excluding hydrogens is 602 g/mol. The van der Waals surface area contributed by atoms with Crippen molar-refractivity contribution in [3.05, 3.63) is 107 Å². The van der Waals surface area contributed by atoms with E-state index in [0.29, 0.717) is 19.5 Å². The number of amides is 3. The molecule has 0 bridgehead atoms. The van der Waals surface area contributed by atoms with Gasteiger partial charge in [-0.25, -0.2) is 4.79 Å². The van der Waals surface area contributed by atoms with Crippen LogP contribution in [0.5, 0.6) is 0 Å². The number of alkyl carbamates (subject to hydrolysis) is 1. The summed E-state index contributed by atoms with van der Waals surface area (Å²) in [5.74, 6) is -0.481. The summed E-state index contributed by atoms with van der Waals surface area (Å²) < 4.78 is 5.53. The van der Waals surface area contributed by atoms with Crippen LogP contribution in [-0.4, -0.2) is 52.5 Å². The monoisotopic (exact) mass is 643 g/mol. The van der Waals surface area contributed by atoms with Gasteiger partial charge in [-0.2, -0.15) is 0 Å². The molecule has 6 rings (SSSR count). The average molecular weight is 644 g/mol. The van der Waals surface area contributed by atoms with Crippen LogP contribution in [-0.2, 0) is 32.8 Å². The molecule has 1 saturated heterocycles. The van der Waals surface area contributed by atoms with Crippen molar-refractivity contribution in [1.29, 1.82) is 0 Å². The fourth-order valence-corrected chi connectivity index (χ4v) is 6.84. The number of benzene rings is 3. The van der Waals surface area contributed by atoms with Crippen LogP contribution in [0, 0.1) is 0 Å². The Morgan fingerprint density at radius 2 is 1.67 bits per heavy atom. The van der Waals surface area contributed by atoms with Gasteiger partial charge in [0.1, 0.15) is 12.6 Å². The van der Waals surface area contributed by atoms with Gasteiger partial charge in [0.2, 0.25) is 11.8 Å². The summed E-state index contributed by atoms with van der Waals surface area (Å²) in [5.41, 5.74) is 10.0. The van der Waals surface area contributed by atoms with Crippen molar-refractivity contribution in [2.24, 2.45) is 5.73 Å². The Hall–Kier alpha value is -4.34. The van der Waals surface area contributed by atoms with Crippen molar-refractivity contribution >= 4 is 41.2 Å². The molecule has 0 saturated carbocycles. The zero-order valence-corrected chi connectivity index (χ0v) is 27.1. The highest BCUT2D eigenvalue weighted by atomic mass is 35.5. The first-order valence-corrected chi connectivity index (χ1v) is 15.6. The SMILES string of the molecule is CC(C)(N)C(=O)NC(Cc1c[nH]c2ccccc12)C(=O)N1CCC2(CC1)C[C@@H](NC(=O)OCc1ccccc1)c1ccccc12.Cl. The number of aromatic nitrogens is 1. The maximum absolute atomic E-state index is 14.1. The molecule has 46 heavy (non-hydrogen) atoms. The van der Waals surface area contributed by atoms with Gasteiger partial charge < -0.3 is 31.0 Å². The standard InChI is InChI=1S/C36H41N5O4.ClH/c1-35(2,37)33(43)39-30(20-25-22-38-29-15-9-7-12-26(25)29)32(42)41-18-16-36(17-19-41)21-31(27-13-6-8-14-28(27)36)40-34(44)45-23-24-10-4-3-5-11-24;/h3-15,22,30-31,38H,16-21,23,37H2,1-2H3,(H,39,43)(H,40,44);1H/t30?,31-;/m1./s1. The Morgan fingerprint density at radius 3 is 2.41 bits per heavy atom. The number of hydrogen-bond acceptors (Lipinski definition) is 5. The Kier molecular flexibility index (Phi) is 9.74. The molecule has 3 amide bonds. The summed E-state index contributed by atoms with van der Waals surface area (Å²) in [6.45, 7) is 4.58. The number of hydrogen-bond donors (Lipinski definition) is 4. The van der Waals surface area contributed by atoms with Crippen molar-refractivity contribution < 1.29 is 19.1 Å². The lowest BCUT2D eigenvalue weighted by molar-refractivity contribution is -0.138. The lowest BCUT2D eigenvalue weighted by Crippen LogP contribution is -2.58. The molecule has 2 atom stereocenters. The highest BCUT2D eigenvalue weighted by Gasteiger charge is 2.47. The predicted molar refractivity (Wildman–Crippen MR) is 181 cm³/mol. The summed E-state index contributed by atoms with van der Waals surface area (Å²) >= 11 is 0. The van der Waals surface area contributed by atoms with Crippen molar-refractivity contribution in [3.63, 3.8) is 0 Å². The van der Waals surface area contributed by atoms with Gasteiger partial charge in [0.15, 0.2) is 0 Å².